The molecule has 1 atom stereocenters. The predicted octanol–water partition coefficient (Wildman–Crippen LogP) is 2.73. The number of likely N-dealkylation sites (tertiary alicyclic amines) is 1. The van der Waals surface area contributed by atoms with Crippen molar-refractivity contribution in [1.29, 1.82) is 0 Å². The number of rotatable bonds is 9. The van der Waals surface area contributed by atoms with Crippen molar-refractivity contribution >= 4 is 28.3 Å². The molecule has 7 nitrogen and oxygen atoms in total. The predicted molar refractivity (Wildman–Crippen MR) is 113 cm³/mol. The third-order valence-corrected chi connectivity index (χ3v) is 6.15. The highest BCUT2D eigenvalue weighted by molar-refractivity contribution is 7.15. The Bertz CT molecular complexity index is 634. The van der Waals surface area contributed by atoms with Crippen LogP contribution in [0.15, 0.2) is 0 Å². The van der Waals surface area contributed by atoms with E-state index < -0.39 is 0 Å². The highest BCUT2D eigenvalue weighted by Gasteiger charge is 2.30. The third-order valence-electron chi connectivity index (χ3n) is 5.16. The van der Waals surface area contributed by atoms with Crippen molar-refractivity contribution in [2.75, 3.05) is 31.6 Å². The maximum atomic E-state index is 12.5. The number of nitrogens with zero attached hydrogens (tertiary/aromatic N) is 2. The van der Waals surface area contributed by atoms with Crippen LogP contribution in [-0.2, 0) is 14.3 Å². The highest BCUT2D eigenvalue weighted by Crippen LogP contribution is 2.23. The summed E-state index contributed by atoms with van der Waals surface area (Å²) >= 11 is 1.50. The summed E-state index contributed by atoms with van der Waals surface area (Å²) in [5, 5.41) is 6.58. The lowest BCUT2D eigenvalue weighted by molar-refractivity contribution is -0.127. The molecule has 0 radical (unpaired) electrons. The van der Waals surface area contributed by atoms with Gasteiger partial charge in [0.2, 0.25) is 11.8 Å². The van der Waals surface area contributed by atoms with E-state index in [4.69, 9.17) is 4.74 Å². The molecule has 0 saturated carbocycles. The van der Waals surface area contributed by atoms with Crippen molar-refractivity contribution in [3.05, 3.63) is 10.6 Å². The quantitative estimate of drug-likeness (QED) is 0.612. The molecule has 158 valence electrons. The van der Waals surface area contributed by atoms with E-state index in [0.717, 1.165) is 42.9 Å². The Morgan fingerprint density at radius 3 is 2.50 bits per heavy atom. The molecule has 0 aliphatic carbocycles. The molecular weight excluding hydrogens is 376 g/mol. The Balaban J connectivity index is 1.70. The molecule has 0 bridgehead atoms. The first-order valence-corrected chi connectivity index (χ1v) is 11.0. The minimum absolute atomic E-state index is 0.0294. The summed E-state index contributed by atoms with van der Waals surface area (Å²) in [5.74, 6) is 0.110. The normalized spacial score (nSPS) is 16.9. The number of aromatic nitrogens is 1. The third kappa shape index (κ3) is 6.83. The van der Waals surface area contributed by atoms with Crippen molar-refractivity contribution in [2.45, 2.75) is 66.0 Å². The molecule has 1 saturated heterocycles. The summed E-state index contributed by atoms with van der Waals surface area (Å²) in [4.78, 5) is 32.5. The first kappa shape index (κ1) is 22.8. The summed E-state index contributed by atoms with van der Waals surface area (Å²) in [6.07, 6.45) is 2.61. The maximum absolute atomic E-state index is 12.5. The molecule has 2 amide bonds. The molecule has 8 heteroatoms. The maximum Gasteiger partial charge on any atom is 0.243 e. The molecule has 2 rings (SSSR count). The lowest BCUT2D eigenvalue weighted by Gasteiger charge is -2.34. The number of nitrogens with one attached hydrogen (secondary N) is 2. The van der Waals surface area contributed by atoms with E-state index in [0.29, 0.717) is 18.3 Å². The average molecular weight is 411 g/mol. The minimum atomic E-state index is -0.235. The molecular formula is C20H34N4O3S. The molecule has 1 aliphatic heterocycles. The molecule has 28 heavy (non-hydrogen) atoms. The fourth-order valence-electron chi connectivity index (χ4n) is 3.20. The second-order valence-corrected chi connectivity index (χ2v) is 8.90. The lowest BCUT2D eigenvalue weighted by Crippen LogP contribution is -2.48. The molecule has 1 aliphatic rings. The number of hydrogen-bond donors (Lipinski definition) is 2. The number of hydrogen-bond acceptors (Lipinski definition) is 6. The van der Waals surface area contributed by atoms with Crippen molar-refractivity contribution in [3.63, 3.8) is 0 Å². The SMILES string of the molecule is Cc1nc(NC(=O)C(C)N2CCC(C(=O)NCCCOC(C)C)CC2)sc1C. The van der Waals surface area contributed by atoms with E-state index in [-0.39, 0.29) is 29.9 Å². The second kappa shape index (κ2) is 10.9. The number of amides is 2. The van der Waals surface area contributed by atoms with Crippen LogP contribution in [0.4, 0.5) is 5.13 Å². The number of ether oxygens (including phenoxy) is 1. The fraction of sp³-hybridized carbons (Fsp3) is 0.750. The van der Waals surface area contributed by atoms with Crippen LogP contribution in [0.3, 0.4) is 0 Å². The number of carbonyl (C=O) groups is 2. The Hall–Kier alpha value is -1.51. The van der Waals surface area contributed by atoms with E-state index >= 15 is 0 Å². The van der Waals surface area contributed by atoms with Crippen molar-refractivity contribution in [1.82, 2.24) is 15.2 Å². The Morgan fingerprint density at radius 1 is 1.25 bits per heavy atom. The van der Waals surface area contributed by atoms with Gasteiger partial charge in [0.15, 0.2) is 5.13 Å². The molecule has 0 spiro atoms. The van der Waals surface area contributed by atoms with Crippen molar-refractivity contribution in [2.24, 2.45) is 5.92 Å². The highest BCUT2D eigenvalue weighted by atomic mass is 32.1. The number of thiazole rings is 1. The molecule has 1 aromatic heterocycles. The summed E-state index contributed by atoms with van der Waals surface area (Å²) < 4.78 is 5.48. The zero-order valence-electron chi connectivity index (χ0n) is 17.7. The topological polar surface area (TPSA) is 83.6 Å². The summed E-state index contributed by atoms with van der Waals surface area (Å²) in [7, 11) is 0. The van der Waals surface area contributed by atoms with Crippen LogP contribution in [0.1, 0.15) is 50.6 Å². The van der Waals surface area contributed by atoms with Gasteiger partial charge >= 0.3 is 0 Å². The van der Waals surface area contributed by atoms with Crippen LogP contribution in [-0.4, -0.2) is 60.1 Å². The van der Waals surface area contributed by atoms with Crippen LogP contribution in [0.5, 0.6) is 0 Å². The van der Waals surface area contributed by atoms with Crippen LogP contribution in [0.25, 0.3) is 0 Å². The van der Waals surface area contributed by atoms with E-state index in [1.165, 1.54) is 11.3 Å². The van der Waals surface area contributed by atoms with Crippen LogP contribution in [0, 0.1) is 19.8 Å². The van der Waals surface area contributed by atoms with Gasteiger partial charge in [-0.25, -0.2) is 4.98 Å². The fourth-order valence-corrected chi connectivity index (χ4v) is 4.02. The monoisotopic (exact) mass is 410 g/mol. The van der Waals surface area contributed by atoms with Crippen LogP contribution < -0.4 is 10.6 Å². The average Bonchev–Trinajstić information content (AvgIpc) is 2.97. The Kier molecular flexibility index (Phi) is 8.85. The summed E-state index contributed by atoms with van der Waals surface area (Å²) in [5.41, 5.74) is 0.954. The number of carbonyl (C=O) groups excluding carboxylic acids is 2. The zero-order valence-corrected chi connectivity index (χ0v) is 18.5. The molecule has 1 fully saturated rings. The largest absolute Gasteiger partial charge is 0.379 e. The number of anilines is 1. The van der Waals surface area contributed by atoms with E-state index in [1.807, 2.05) is 34.6 Å². The van der Waals surface area contributed by atoms with E-state index in [9.17, 15) is 9.59 Å². The Labute approximate surface area is 172 Å². The van der Waals surface area contributed by atoms with E-state index in [1.54, 1.807) is 0 Å². The van der Waals surface area contributed by atoms with E-state index in [2.05, 4.69) is 20.5 Å². The van der Waals surface area contributed by atoms with Gasteiger partial charge in [-0.2, -0.15) is 0 Å². The molecule has 2 heterocycles. The van der Waals surface area contributed by atoms with Gasteiger partial charge in [-0.1, -0.05) is 0 Å². The van der Waals surface area contributed by atoms with Gasteiger partial charge in [-0.3, -0.25) is 14.5 Å². The minimum Gasteiger partial charge on any atom is -0.379 e. The molecule has 0 aromatic carbocycles. The summed E-state index contributed by atoms with van der Waals surface area (Å²) in [6, 6.07) is -0.235. The number of aryl methyl sites for hydroxylation is 2. The van der Waals surface area contributed by atoms with Gasteiger partial charge in [0.1, 0.15) is 0 Å². The second-order valence-electron chi connectivity index (χ2n) is 7.70. The first-order chi connectivity index (χ1) is 13.3. The van der Waals surface area contributed by atoms with Crippen LogP contribution in [0.2, 0.25) is 0 Å². The smallest absolute Gasteiger partial charge is 0.243 e. The zero-order chi connectivity index (χ0) is 20.7. The van der Waals surface area contributed by atoms with Gasteiger partial charge in [-0.15, -0.1) is 11.3 Å². The van der Waals surface area contributed by atoms with Gasteiger partial charge in [0.05, 0.1) is 17.8 Å². The van der Waals surface area contributed by atoms with Gasteiger partial charge in [-0.05, 0) is 67.0 Å². The van der Waals surface area contributed by atoms with Crippen molar-refractivity contribution in [3.8, 4) is 0 Å². The number of piperidine rings is 1. The van der Waals surface area contributed by atoms with Gasteiger partial charge in [0, 0.05) is 23.9 Å². The van der Waals surface area contributed by atoms with Gasteiger partial charge < -0.3 is 15.4 Å². The molecule has 2 N–H and O–H groups in total. The first-order valence-electron chi connectivity index (χ1n) is 10.2. The summed E-state index contributed by atoms with van der Waals surface area (Å²) in [6.45, 7) is 12.7. The van der Waals surface area contributed by atoms with Crippen molar-refractivity contribution < 1.29 is 14.3 Å². The standard InChI is InChI=1S/C20H34N4O3S/c1-13(2)27-12-6-9-21-19(26)17-7-10-24(11-8-17)15(4)18(25)23-20-22-14(3)16(5)28-20/h13,15,17H,6-12H2,1-5H3,(H,21,26)(H,22,23,25). The Morgan fingerprint density at radius 2 is 1.93 bits per heavy atom. The lowest BCUT2D eigenvalue weighted by atomic mass is 9.95. The van der Waals surface area contributed by atoms with Crippen LogP contribution >= 0.6 is 11.3 Å². The van der Waals surface area contributed by atoms with Gasteiger partial charge in [0.25, 0.3) is 0 Å². The molecule has 1 aromatic rings. The molecule has 1 unspecified atom stereocenters.